The van der Waals surface area contributed by atoms with Crippen molar-refractivity contribution in [1.29, 1.82) is 0 Å². The van der Waals surface area contributed by atoms with Gasteiger partial charge in [0.05, 0.1) is 24.7 Å². The number of ether oxygens (including phenoxy) is 2. The van der Waals surface area contributed by atoms with Gasteiger partial charge in [-0.05, 0) is 24.1 Å². The van der Waals surface area contributed by atoms with E-state index < -0.39 is 23.7 Å². The Morgan fingerprint density at radius 2 is 1.85 bits per heavy atom. The van der Waals surface area contributed by atoms with Gasteiger partial charge < -0.3 is 14.8 Å². The SMILES string of the molecule is COc1ccc(-n2nc(C(F)(F)F)cc2-c2ccc(CCNC(=O)COC(C)=O)cc2)cn1. The van der Waals surface area contributed by atoms with Gasteiger partial charge >= 0.3 is 12.1 Å². The molecule has 1 aromatic carbocycles. The third kappa shape index (κ3) is 6.31. The van der Waals surface area contributed by atoms with Crippen molar-refractivity contribution in [3.05, 3.63) is 59.9 Å². The first-order valence-electron chi connectivity index (χ1n) is 9.84. The molecule has 0 aliphatic heterocycles. The maximum Gasteiger partial charge on any atom is 0.435 e. The third-order valence-corrected chi connectivity index (χ3v) is 4.57. The Morgan fingerprint density at radius 3 is 2.42 bits per heavy atom. The van der Waals surface area contributed by atoms with Gasteiger partial charge in [0.15, 0.2) is 12.3 Å². The van der Waals surface area contributed by atoms with E-state index in [1.54, 1.807) is 30.3 Å². The minimum atomic E-state index is -4.61. The highest BCUT2D eigenvalue weighted by Gasteiger charge is 2.35. The lowest BCUT2D eigenvalue weighted by molar-refractivity contribution is -0.146. The van der Waals surface area contributed by atoms with Crippen molar-refractivity contribution < 1.29 is 32.2 Å². The number of hydrogen-bond donors (Lipinski definition) is 1. The second kappa shape index (κ2) is 10.2. The molecule has 0 bridgehead atoms. The molecule has 0 aliphatic rings. The van der Waals surface area contributed by atoms with E-state index in [1.165, 1.54) is 31.0 Å². The number of alkyl halides is 3. The Balaban J connectivity index is 1.77. The fraction of sp³-hybridized carbons (Fsp3) is 0.273. The number of hydrogen-bond acceptors (Lipinski definition) is 6. The molecule has 0 aliphatic carbocycles. The van der Waals surface area contributed by atoms with Gasteiger partial charge in [0, 0.05) is 25.1 Å². The Bertz CT molecular complexity index is 1110. The van der Waals surface area contributed by atoms with Crippen LogP contribution in [0, 0.1) is 0 Å². The van der Waals surface area contributed by atoms with Gasteiger partial charge in [0.2, 0.25) is 5.88 Å². The van der Waals surface area contributed by atoms with Crippen LogP contribution in [0.2, 0.25) is 0 Å². The van der Waals surface area contributed by atoms with Crippen LogP contribution in [-0.4, -0.2) is 46.9 Å². The van der Waals surface area contributed by atoms with Gasteiger partial charge in [0.25, 0.3) is 5.91 Å². The van der Waals surface area contributed by atoms with Crippen LogP contribution >= 0.6 is 0 Å². The quantitative estimate of drug-likeness (QED) is 0.517. The van der Waals surface area contributed by atoms with Gasteiger partial charge in [0.1, 0.15) is 0 Å². The third-order valence-electron chi connectivity index (χ3n) is 4.57. The number of carbonyl (C=O) groups is 2. The predicted molar refractivity (Wildman–Crippen MR) is 112 cm³/mol. The smallest absolute Gasteiger partial charge is 0.435 e. The molecule has 2 heterocycles. The Labute approximate surface area is 187 Å². The maximum absolute atomic E-state index is 13.3. The highest BCUT2D eigenvalue weighted by molar-refractivity contribution is 5.79. The normalized spacial score (nSPS) is 11.2. The number of esters is 1. The summed E-state index contributed by atoms with van der Waals surface area (Å²) in [5, 5.41) is 6.35. The molecule has 33 heavy (non-hydrogen) atoms. The molecule has 3 rings (SSSR count). The number of nitrogens with one attached hydrogen (secondary N) is 1. The van der Waals surface area contributed by atoms with Crippen molar-refractivity contribution in [1.82, 2.24) is 20.1 Å². The van der Waals surface area contributed by atoms with Crippen molar-refractivity contribution in [3.8, 4) is 22.8 Å². The van der Waals surface area contributed by atoms with Crippen LogP contribution < -0.4 is 10.1 Å². The Kier molecular flexibility index (Phi) is 7.31. The van der Waals surface area contributed by atoms with Crippen molar-refractivity contribution >= 4 is 11.9 Å². The van der Waals surface area contributed by atoms with Gasteiger partial charge in [-0.15, -0.1) is 0 Å². The number of methoxy groups -OCH3 is 1. The highest BCUT2D eigenvalue weighted by atomic mass is 19.4. The van der Waals surface area contributed by atoms with Crippen molar-refractivity contribution in [2.75, 3.05) is 20.3 Å². The van der Waals surface area contributed by atoms with Crippen LogP contribution in [0.5, 0.6) is 5.88 Å². The average molecular weight is 462 g/mol. The molecule has 8 nitrogen and oxygen atoms in total. The minimum Gasteiger partial charge on any atom is -0.481 e. The first kappa shape index (κ1) is 23.8. The maximum atomic E-state index is 13.3. The lowest BCUT2D eigenvalue weighted by Crippen LogP contribution is -2.30. The number of nitrogens with zero attached hydrogens (tertiary/aromatic N) is 3. The number of aromatic nitrogens is 3. The van der Waals surface area contributed by atoms with Crippen LogP contribution in [0.4, 0.5) is 13.2 Å². The largest absolute Gasteiger partial charge is 0.481 e. The molecule has 0 saturated carbocycles. The number of benzene rings is 1. The van der Waals surface area contributed by atoms with Gasteiger partial charge in [-0.2, -0.15) is 18.3 Å². The van der Waals surface area contributed by atoms with Crippen molar-refractivity contribution in [2.45, 2.75) is 19.5 Å². The first-order chi connectivity index (χ1) is 15.7. The van der Waals surface area contributed by atoms with Crippen molar-refractivity contribution in [3.63, 3.8) is 0 Å². The summed E-state index contributed by atoms with van der Waals surface area (Å²) in [7, 11) is 1.44. The molecule has 3 aromatic rings. The highest BCUT2D eigenvalue weighted by Crippen LogP contribution is 2.33. The molecule has 2 aromatic heterocycles. The molecule has 0 saturated heterocycles. The first-order valence-corrected chi connectivity index (χ1v) is 9.84. The van der Waals surface area contributed by atoms with E-state index in [-0.39, 0.29) is 12.3 Å². The van der Waals surface area contributed by atoms with E-state index in [0.29, 0.717) is 30.1 Å². The van der Waals surface area contributed by atoms with E-state index in [0.717, 1.165) is 11.6 Å². The second-order valence-corrected chi connectivity index (χ2v) is 6.96. The fourth-order valence-electron chi connectivity index (χ4n) is 2.95. The van der Waals surface area contributed by atoms with Crippen LogP contribution in [0.25, 0.3) is 16.9 Å². The predicted octanol–water partition coefficient (Wildman–Crippen LogP) is 3.18. The van der Waals surface area contributed by atoms with Gasteiger partial charge in [-0.3, -0.25) is 9.59 Å². The zero-order valence-electron chi connectivity index (χ0n) is 17.8. The number of pyridine rings is 1. The van der Waals surface area contributed by atoms with Gasteiger partial charge in [-0.25, -0.2) is 9.67 Å². The summed E-state index contributed by atoms with van der Waals surface area (Å²) in [5.74, 6) is -0.634. The molecule has 0 spiro atoms. The Hall–Kier alpha value is -3.89. The number of halogens is 3. The van der Waals surface area contributed by atoms with E-state index in [4.69, 9.17) is 4.74 Å². The minimum absolute atomic E-state index is 0.246. The fourth-order valence-corrected chi connectivity index (χ4v) is 2.95. The zero-order chi connectivity index (χ0) is 24.0. The molecule has 11 heteroatoms. The molecule has 1 amide bonds. The van der Waals surface area contributed by atoms with Gasteiger partial charge in [-0.1, -0.05) is 24.3 Å². The molecular formula is C22H21F3N4O4. The molecular weight excluding hydrogens is 441 g/mol. The average Bonchev–Trinajstić information content (AvgIpc) is 3.24. The molecule has 0 fully saturated rings. The summed E-state index contributed by atoms with van der Waals surface area (Å²) >= 11 is 0. The lowest BCUT2D eigenvalue weighted by Gasteiger charge is -2.09. The molecule has 174 valence electrons. The van der Waals surface area contributed by atoms with E-state index in [9.17, 15) is 22.8 Å². The monoisotopic (exact) mass is 462 g/mol. The summed E-state index contributed by atoms with van der Waals surface area (Å²) in [6.45, 7) is 1.18. The van der Waals surface area contributed by atoms with E-state index >= 15 is 0 Å². The molecule has 0 atom stereocenters. The lowest BCUT2D eigenvalue weighted by atomic mass is 10.1. The van der Waals surface area contributed by atoms with Crippen LogP contribution in [-0.2, 0) is 26.9 Å². The van der Waals surface area contributed by atoms with Crippen LogP contribution in [0.15, 0.2) is 48.7 Å². The van der Waals surface area contributed by atoms with Crippen LogP contribution in [0.3, 0.4) is 0 Å². The molecule has 0 radical (unpaired) electrons. The Morgan fingerprint density at radius 1 is 1.12 bits per heavy atom. The zero-order valence-corrected chi connectivity index (χ0v) is 17.8. The molecule has 1 N–H and O–H groups in total. The standard InChI is InChI=1S/C22H21F3N4O4/c1-14(30)33-13-20(31)26-10-9-15-3-5-16(6-4-15)18-11-19(22(23,24)25)28-29(18)17-7-8-21(32-2)27-12-17/h3-8,11-12H,9-10,13H2,1-2H3,(H,26,31). The second-order valence-electron chi connectivity index (χ2n) is 6.96. The summed E-state index contributed by atoms with van der Waals surface area (Å²) in [5.41, 5.74) is 0.959. The van der Waals surface area contributed by atoms with Crippen LogP contribution in [0.1, 0.15) is 18.2 Å². The summed E-state index contributed by atoms with van der Waals surface area (Å²) in [6.07, 6.45) is -2.74. The van der Waals surface area contributed by atoms with Crippen molar-refractivity contribution in [2.24, 2.45) is 0 Å². The van der Waals surface area contributed by atoms with E-state index in [2.05, 4.69) is 20.1 Å². The summed E-state index contributed by atoms with van der Waals surface area (Å²) in [4.78, 5) is 26.3. The number of rotatable bonds is 8. The number of amides is 1. The topological polar surface area (TPSA) is 95.3 Å². The number of carbonyl (C=O) groups excluding carboxylic acids is 2. The van der Waals surface area contributed by atoms with E-state index in [1.807, 2.05) is 0 Å². The summed E-state index contributed by atoms with van der Waals surface area (Å²) in [6, 6.07) is 11.0. The summed E-state index contributed by atoms with van der Waals surface area (Å²) < 4.78 is 50.8. The molecule has 0 unspecified atom stereocenters.